The molecule has 0 radical (unpaired) electrons. The first-order chi connectivity index (χ1) is 12.2. The average molecular weight is 358 g/mol. The van der Waals surface area contributed by atoms with Crippen LogP contribution in [-0.4, -0.2) is 72.5 Å². The fourth-order valence-electron chi connectivity index (χ4n) is 3.49. The minimum absolute atomic E-state index is 0.0905. The van der Waals surface area contributed by atoms with Crippen LogP contribution in [0.3, 0.4) is 0 Å². The monoisotopic (exact) mass is 358 g/mol. The lowest BCUT2D eigenvalue weighted by Gasteiger charge is -2.34. The van der Waals surface area contributed by atoms with Gasteiger partial charge in [0, 0.05) is 50.5 Å². The fourth-order valence-corrected chi connectivity index (χ4v) is 4.44. The topological polar surface area (TPSA) is 55.9 Å². The molecule has 2 fully saturated rings. The summed E-state index contributed by atoms with van der Waals surface area (Å²) < 4.78 is 1.34. The van der Waals surface area contributed by atoms with Gasteiger partial charge in [0.1, 0.15) is 0 Å². The average Bonchev–Trinajstić information content (AvgIpc) is 3.23. The van der Waals surface area contributed by atoms with Gasteiger partial charge in [0.15, 0.2) is 0 Å². The molecule has 2 aromatic rings. The largest absolute Gasteiger partial charge is 0.336 e. The Hall–Kier alpha value is -1.96. The van der Waals surface area contributed by atoms with Gasteiger partial charge in [0.25, 0.3) is 0 Å². The zero-order chi connectivity index (χ0) is 17.2. The Morgan fingerprint density at radius 3 is 2.60 bits per heavy atom. The van der Waals surface area contributed by atoms with Gasteiger partial charge in [0.2, 0.25) is 5.91 Å². The Kier molecular flexibility index (Phi) is 4.70. The van der Waals surface area contributed by atoms with Gasteiger partial charge in [0.05, 0.1) is 6.54 Å². The van der Waals surface area contributed by atoms with Gasteiger partial charge < -0.3 is 5.32 Å². The molecule has 2 aliphatic rings. The van der Waals surface area contributed by atoms with E-state index in [1.807, 2.05) is 0 Å². The van der Waals surface area contributed by atoms with Crippen LogP contribution in [0.1, 0.15) is 5.56 Å². The molecule has 1 aromatic carbocycles. The smallest absolute Gasteiger partial charge is 0.324 e. The molecule has 0 aliphatic carbocycles. The molecule has 1 aromatic heterocycles. The number of rotatable bonds is 4. The van der Waals surface area contributed by atoms with Crippen molar-refractivity contribution in [3.8, 4) is 0 Å². The van der Waals surface area contributed by atoms with Gasteiger partial charge in [-0.25, -0.2) is 4.79 Å². The number of nitrogens with one attached hydrogen (secondary N) is 1. The Labute approximate surface area is 151 Å². The van der Waals surface area contributed by atoms with Crippen LogP contribution in [-0.2, 0) is 11.3 Å². The van der Waals surface area contributed by atoms with Crippen LogP contribution in [0.2, 0.25) is 0 Å². The highest BCUT2D eigenvalue weighted by atomic mass is 32.1. The lowest BCUT2D eigenvalue weighted by Crippen LogP contribution is -2.50. The van der Waals surface area contributed by atoms with Crippen LogP contribution in [0.25, 0.3) is 10.1 Å². The summed E-state index contributed by atoms with van der Waals surface area (Å²) in [7, 11) is 0. The molecule has 7 heteroatoms. The third-order valence-corrected chi connectivity index (χ3v) is 5.95. The second kappa shape index (κ2) is 7.11. The van der Waals surface area contributed by atoms with Crippen LogP contribution in [0.4, 0.5) is 4.79 Å². The van der Waals surface area contributed by atoms with Crippen LogP contribution in [0.5, 0.6) is 0 Å². The van der Waals surface area contributed by atoms with Crippen molar-refractivity contribution in [2.24, 2.45) is 0 Å². The van der Waals surface area contributed by atoms with Crippen molar-refractivity contribution < 1.29 is 9.59 Å². The molecule has 0 atom stereocenters. The predicted octanol–water partition coefficient (Wildman–Crippen LogP) is 1.57. The Morgan fingerprint density at radius 1 is 1.08 bits per heavy atom. The number of carbonyl (C=O) groups is 2. The molecule has 132 valence electrons. The van der Waals surface area contributed by atoms with E-state index in [9.17, 15) is 9.59 Å². The summed E-state index contributed by atoms with van der Waals surface area (Å²) in [6.45, 7) is 5.97. The maximum absolute atomic E-state index is 12.2. The van der Waals surface area contributed by atoms with Crippen molar-refractivity contribution in [1.82, 2.24) is 20.0 Å². The minimum Gasteiger partial charge on any atom is -0.336 e. The molecule has 3 amide bonds. The molecular weight excluding hydrogens is 336 g/mol. The van der Waals surface area contributed by atoms with Gasteiger partial charge in [-0.05, 0) is 22.4 Å². The van der Waals surface area contributed by atoms with E-state index < -0.39 is 0 Å². The SMILES string of the molecule is O=C(CN1CCN(Cc2csc3ccccc23)CC1)N1CCNC1=O. The van der Waals surface area contributed by atoms with Crippen molar-refractivity contribution in [3.63, 3.8) is 0 Å². The van der Waals surface area contributed by atoms with Gasteiger partial charge in [-0.2, -0.15) is 0 Å². The summed E-state index contributed by atoms with van der Waals surface area (Å²) in [4.78, 5) is 29.7. The zero-order valence-electron chi connectivity index (χ0n) is 14.1. The molecule has 1 N–H and O–H groups in total. The predicted molar refractivity (Wildman–Crippen MR) is 98.7 cm³/mol. The van der Waals surface area contributed by atoms with Crippen molar-refractivity contribution in [3.05, 3.63) is 35.2 Å². The van der Waals surface area contributed by atoms with Crippen molar-refractivity contribution in [1.29, 1.82) is 0 Å². The van der Waals surface area contributed by atoms with Crippen LogP contribution < -0.4 is 5.32 Å². The molecule has 2 saturated heterocycles. The highest BCUT2D eigenvalue weighted by molar-refractivity contribution is 7.17. The number of piperazine rings is 1. The number of amides is 3. The van der Waals surface area contributed by atoms with Crippen molar-refractivity contribution in [2.75, 3.05) is 45.8 Å². The lowest BCUT2D eigenvalue weighted by atomic mass is 10.1. The fraction of sp³-hybridized carbons (Fsp3) is 0.444. The number of carbonyl (C=O) groups excluding carboxylic acids is 2. The maximum atomic E-state index is 12.2. The van der Waals surface area contributed by atoms with E-state index in [4.69, 9.17) is 0 Å². The van der Waals surface area contributed by atoms with E-state index in [1.165, 1.54) is 20.5 Å². The zero-order valence-corrected chi connectivity index (χ0v) is 14.9. The van der Waals surface area contributed by atoms with Gasteiger partial charge in [-0.15, -0.1) is 11.3 Å². The molecule has 0 bridgehead atoms. The molecule has 2 aliphatic heterocycles. The van der Waals surface area contributed by atoms with Crippen LogP contribution in [0, 0.1) is 0 Å². The molecule has 4 rings (SSSR count). The quantitative estimate of drug-likeness (QED) is 0.901. The third-order valence-electron chi connectivity index (χ3n) is 4.94. The van der Waals surface area contributed by atoms with E-state index >= 15 is 0 Å². The summed E-state index contributed by atoms with van der Waals surface area (Å²) in [5.41, 5.74) is 1.39. The van der Waals surface area contributed by atoms with Crippen molar-refractivity contribution in [2.45, 2.75) is 6.54 Å². The number of hydrogen-bond donors (Lipinski definition) is 1. The number of benzene rings is 1. The van der Waals surface area contributed by atoms with Gasteiger partial charge in [-0.3, -0.25) is 19.5 Å². The third kappa shape index (κ3) is 3.53. The number of fused-ring (bicyclic) bond motifs is 1. The van der Waals surface area contributed by atoms with E-state index in [0.717, 1.165) is 32.7 Å². The van der Waals surface area contributed by atoms with E-state index in [-0.39, 0.29) is 11.9 Å². The Bertz CT molecular complexity index is 782. The summed E-state index contributed by atoms with van der Waals surface area (Å²) in [5, 5.41) is 6.28. The first-order valence-corrected chi connectivity index (χ1v) is 9.57. The molecule has 0 spiro atoms. The normalized spacial score (nSPS) is 19.5. The summed E-state index contributed by atoms with van der Waals surface area (Å²) in [6, 6.07) is 8.28. The number of thiophene rings is 1. The Balaban J connectivity index is 1.29. The first kappa shape index (κ1) is 16.5. The molecule has 25 heavy (non-hydrogen) atoms. The lowest BCUT2D eigenvalue weighted by molar-refractivity contribution is -0.129. The van der Waals surface area contributed by atoms with Crippen LogP contribution in [0.15, 0.2) is 29.6 Å². The van der Waals surface area contributed by atoms with E-state index in [1.54, 1.807) is 11.3 Å². The van der Waals surface area contributed by atoms with Crippen molar-refractivity contribution >= 4 is 33.4 Å². The number of hydrogen-bond acceptors (Lipinski definition) is 5. The van der Waals surface area contributed by atoms with Gasteiger partial charge in [-0.1, -0.05) is 18.2 Å². The molecule has 0 saturated carbocycles. The number of imide groups is 1. The summed E-state index contributed by atoms with van der Waals surface area (Å²) in [5.74, 6) is -0.0905. The van der Waals surface area contributed by atoms with E-state index in [2.05, 4.69) is 44.8 Å². The standard InChI is InChI=1S/C18H22N4O2S/c23-17(22-6-5-19-18(22)24)12-21-9-7-20(8-10-21)11-14-13-25-16-4-2-1-3-15(14)16/h1-4,13H,5-12H2,(H,19,24). The second-order valence-electron chi connectivity index (χ2n) is 6.59. The van der Waals surface area contributed by atoms with E-state index in [0.29, 0.717) is 19.6 Å². The molecule has 3 heterocycles. The number of nitrogens with zero attached hydrogens (tertiary/aromatic N) is 3. The summed E-state index contributed by atoms with van der Waals surface area (Å²) >= 11 is 1.80. The number of urea groups is 1. The highest BCUT2D eigenvalue weighted by Gasteiger charge is 2.28. The molecule has 6 nitrogen and oxygen atoms in total. The van der Waals surface area contributed by atoms with Gasteiger partial charge >= 0.3 is 6.03 Å². The maximum Gasteiger partial charge on any atom is 0.324 e. The second-order valence-corrected chi connectivity index (χ2v) is 7.50. The minimum atomic E-state index is -0.257. The molecule has 0 unspecified atom stereocenters. The summed E-state index contributed by atoms with van der Waals surface area (Å²) in [6.07, 6.45) is 0. The Morgan fingerprint density at radius 2 is 1.84 bits per heavy atom. The first-order valence-electron chi connectivity index (χ1n) is 8.69. The highest BCUT2D eigenvalue weighted by Crippen LogP contribution is 2.26. The molecular formula is C18H22N4O2S. The van der Waals surface area contributed by atoms with Crippen LogP contribution >= 0.6 is 11.3 Å².